The molecule has 3 aliphatic heterocycles. The maximum Gasteiger partial charge on any atom is 0.256 e. The van der Waals surface area contributed by atoms with Crippen LogP contribution >= 0.6 is 11.3 Å². The van der Waals surface area contributed by atoms with Gasteiger partial charge in [-0.05, 0) is 12.2 Å². The molecule has 1 amide bonds. The summed E-state index contributed by atoms with van der Waals surface area (Å²) in [5.41, 5.74) is 0.556. The first-order valence-electron chi connectivity index (χ1n) is 7.95. The lowest BCUT2D eigenvalue weighted by atomic mass is 10.1. The molecule has 0 saturated carbocycles. The van der Waals surface area contributed by atoms with E-state index in [1.54, 1.807) is 40.8 Å². The SMILES string of the molecule is O=C(C1=CN2CCS(=O)(=O)N=C2C=C1)N1CCN(c2nccs2)CC1. The second-order valence-corrected chi connectivity index (χ2v) is 8.57. The number of sulfonamides is 1. The van der Waals surface area contributed by atoms with Gasteiger partial charge in [0.2, 0.25) is 0 Å². The molecule has 0 aromatic carbocycles. The summed E-state index contributed by atoms with van der Waals surface area (Å²) in [6.07, 6.45) is 6.72. The molecule has 8 nitrogen and oxygen atoms in total. The van der Waals surface area contributed by atoms with E-state index in [0.717, 1.165) is 18.2 Å². The van der Waals surface area contributed by atoms with Crippen molar-refractivity contribution in [2.24, 2.45) is 4.40 Å². The van der Waals surface area contributed by atoms with E-state index in [9.17, 15) is 13.2 Å². The number of hydrogen-bond donors (Lipinski definition) is 0. The molecule has 3 aliphatic rings. The highest BCUT2D eigenvalue weighted by Gasteiger charge is 2.28. The molecule has 4 heterocycles. The zero-order chi connectivity index (χ0) is 17.4. The number of anilines is 1. The summed E-state index contributed by atoms with van der Waals surface area (Å²) in [6.45, 7) is 3.10. The lowest BCUT2D eigenvalue weighted by Gasteiger charge is -2.35. The van der Waals surface area contributed by atoms with Gasteiger partial charge in [-0.15, -0.1) is 15.7 Å². The molecule has 1 aromatic heterocycles. The van der Waals surface area contributed by atoms with Crippen LogP contribution in [0.5, 0.6) is 0 Å². The van der Waals surface area contributed by atoms with E-state index in [0.29, 0.717) is 31.0 Å². The average Bonchev–Trinajstić information content (AvgIpc) is 3.15. The van der Waals surface area contributed by atoms with Crippen molar-refractivity contribution in [1.82, 2.24) is 14.8 Å². The van der Waals surface area contributed by atoms with Crippen LogP contribution in [0.3, 0.4) is 0 Å². The van der Waals surface area contributed by atoms with Crippen LogP contribution in [0.1, 0.15) is 0 Å². The number of amides is 1. The van der Waals surface area contributed by atoms with E-state index in [1.807, 2.05) is 10.3 Å². The molecule has 1 saturated heterocycles. The Bertz CT molecular complexity index is 865. The molecule has 132 valence electrons. The lowest BCUT2D eigenvalue weighted by Crippen LogP contribution is -2.49. The number of nitrogens with zero attached hydrogens (tertiary/aromatic N) is 5. The number of piperazine rings is 1. The number of fused-ring (bicyclic) bond motifs is 1. The minimum absolute atomic E-state index is 0.0329. The van der Waals surface area contributed by atoms with Gasteiger partial charge in [-0.2, -0.15) is 0 Å². The van der Waals surface area contributed by atoms with Crippen LogP contribution in [0.4, 0.5) is 5.13 Å². The number of carbonyl (C=O) groups is 1. The Kier molecular flexibility index (Phi) is 4.08. The maximum atomic E-state index is 12.7. The summed E-state index contributed by atoms with van der Waals surface area (Å²) < 4.78 is 26.8. The van der Waals surface area contributed by atoms with E-state index >= 15 is 0 Å². The normalized spacial score (nSPS) is 22.3. The fourth-order valence-corrected chi connectivity index (χ4v) is 4.65. The second-order valence-electron chi connectivity index (χ2n) is 5.94. The topological polar surface area (TPSA) is 86.2 Å². The van der Waals surface area contributed by atoms with Gasteiger partial charge in [0.25, 0.3) is 15.9 Å². The number of aromatic nitrogens is 1. The highest BCUT2D eigenvalue weighted by Crippen LogP contribution is 2.21. The Balaban J connectivity index is 1.43. The standard InChI is InChI=1S/C15H17N5O3S2/c21-14(18-4-6-19(7-5-18)15-16-3-9-24-15)12-1-2-13-17-25(22,23)10-8-20(13)11-12/h1-3,9,11H,4-8,10H2. The van der Waals surface area contributed by atoms with Gasteiger partial charge in [-0.1, -0.05) is 0 Å². The van der Waals surface area contributed by atoms with E-state index in [2.05, 4.69) is 14.3 Å². The van der Waals surface area contributed by atoms with Crippen LogP contribution in [0.25, 0.3) is 0 Å². The van der Waals surface area contributed by atoms with Gasteiger partial charge < -0.3 is 14.7 Å². The van der Waals surface area contributed by atoms with Crippen molar-refractivity contribution < 1.29 is 13.2 Å². The van der Waals surface area contributed by atoms with Crippen LogP contribution in [0.15, 0.2) is 39.9 Å². The molecule has 0 atom stereocenters. The van der Waals surface area contributed by atoms with Gasteiger partial charge in [-0.3, -0.25) is 4.79 Å². The van der Waals surface area contributed by atoms with Crippen molar-refractivity contribution in [1.29, 1.82) is 0 Å². The number of hydrogen-bond acceptors (Lipinski definition) is 7. The van der Waals surface area contributed by atoms with Crippen LogP contribution in [0, 0.1) is 0 Å². The summed E-state index contributed by atoms with van der Waals surface area (Å²) in [4.78, 5) is 22.8. The minimum Gasteiger partial charge on any atom is -0.345 e. The Labute approximate surface area is 149 Å². The van der Waals surface area contributed by atoms with Crippen LogP contribution in [-0.2, 0) is 14.8 Å². The predicted octanol–water partition coefficient (Wildman–Crippen LogP) is 0.289. The molecule has 0 radical (unpaired) electrons. The monoisotopic (exact) mass is 379 g/mol. The Morgan fingerprint density at radius 3 is 2.64 bits per heavy atom. The van der Waals surface area contributed by atoms with Gasteiger partial charge in [-0.25, -0.2) is 13.4 Å². The van der Waals surface area contributed by atoms with Crippen molar-refractivity contribution in [2.45, 2.75) is 0 Å². The molecule has 0 unspecified atom stereocenters. The van der Waals surface area contributed by atoms with E-state index in [1.165, 1.54) is 0 Å². The highest BCUT2D eigenvalue weighted by atomic mass is 32.2. The summed E-state index contributed by atoms with van der Waals surface area (Å²) in [5.74, 6) is 0.299. The van der Waals surface area contributed by atoms with Gasteiger partial charge in [0, 0.05) is 50.5 Å². The fraction of sp³-hybridized carbons (Fsp3) is 0.400. The Morgan fingerprint density at radius 1 is 1.12 bits per heavy atom. The first-order valence-corrected chi connectivity index (χ1v) is 10.4. The van der Waals surface area contributed by atoms with Gasteiger partial charge in [0.15, 0.2) is 5.13 Å². The largest absolute Gasteiger partial charge is 0.345 e. The number of amidine groups is 1. The Morgan fingerprint density at radius 2 is 1.92 bits per heavy atom. The fourth-order valence-electron chi connectivity index (χ4n) is 2.98. The summed E-state index contributed by atoms with van der Waals surface area (Å²) in [7, 11) is -3.38. The minimum atomic E-state index is -3.38. The first kappa shape index (κ1) is 16.3. The summed E-state index contributed by atoms with van der Waals surface area (Å²) >= 11 is 1.60. The van der Waals surface area contributed by atoms with Crippen molar-refractivity contribution >= 4 is 38.2 Å². The molecule has 0 bridgehead atoms. The van der Waals surface area contributed by atoms with Crippen LogP contribution in [0.2, 0.25) is 0 Å². The molecule has 4 rings (SSSR count). The zero-order valence-corrected chi connectivity index (χ0v) is 15.0. The number of thiazole rings is 1. The molecular weight excluding hydrogens is 362 g/mol. The van der Waals surface area contributed by atoms with Crippen molar-refractivity contribution in [3.63, 3.8) is 0 Å². The Hall–Kier alpha value is -2.20. The van der Waals surface area contributed by atoms with Crippen LogP contribution in [-0.4, -0.2) is 73.4 Å². The lowest BCUT2D eigenvalue weighted by molar-refractivity contribution is -0.127. The molecule has 1 fully saturated rings. The quantitative estimate of drug-likeness (QED) is 0.734. The predicted molar refractivity (Wildman–Crippen MR) is 96.1 cm³/mol. The van der Waals surface area contributed by atoms with Crippen molar-refractivity contribution in [3.05, 3.63) is 35.5 Å². The zero-order valence-electron chi connectivity index (χ0n) is 13.4. The highest BCUT2D eigenvalue weighted by molar-refractivity contribution is 7.90. The summed E-state index contributed by atoms with van der Waals surface area (Å²) in [6, 6.07) is 0. The summed E-state index contributed by atoms with van der Waals surface area (Å²) in [5, 5.41) is 2.93. The molecule has 0 N–H and O–H groups in total. The number of carbonyl (C=O) groups excluding carboxylic acids is 1. The van der Waals surface area contributed by atoms with Crippen molar-refractivity contribution in [2.75, 3.05) is 43.4 Å². The maximum absolute atomic E-state index is 12.7. The number of rotatable bonds is 2. The molecule has 10 heteroatoms. The third-order valence-electron chi connectivity index (χ3n) is 4.33. The molecule has 1 aromatic rings. The van der Waals surface area contributed by atoms with Gasteiger partial charge >= 0.3 is 0 Å². The van der Waals surface area contributed by atoms with Gasteiger partial charge in [0.05, 0.1) is 11.3 Å². The van der Waals surface area contributed by atoms with Crippen LogP contribution < -0.4 is 4.90 Å². The third kappa shape index (κ3) is 3.31. The average molecular weight is 379 g/mol. The smallest absolute Gasteiger partial charge is 0.256 e. The van der Waals surface area contributed by atoms with E-state index in [-0.39, 0.29) is 11.7 Å². The second kappa shape index (κ2) is 6.26. The molecular formula is C15H17N5O3S2. The molecule has 0 aliphatic carbocycles. The molecule has 0 spiro atoms. The first-order chi connectivity index (χ1) is 12.0. The molecule has 25 heavy (non-hydrogen) atoms. The third-order valence-corrected chi connectivity index (χ3v) is 6.32. The van der Waals surface area contributed by atoms with Gasteiger partial charge in [0.1, 0.15) is 5.84 Å². The van der Waals surface area contributed by atoms with E-state index in [4.69, 9.17) is 0 Å². The van der Waals surface area contributed by atoms with Crippen molar-refractivity contribution in [3.8, 4) is 0 Å². The van der Waals surface area contributed by atoms with E-state index < -0.39 is 10.0 Å².